The van der Waals surface area contributed by atoms with E-state index in [1.54, 1.807) is 17.1 Å². The summed E-state index contributed by atoms with van der Waals surface area (Å²) in [5.41, 5.74) is 3.24. The van der Waals surface area contributed by atoms with Crippen LogP contribution in [0.4, 0.5) is 5.82 Å². The van der Waals surface area contributed by atoms with Crippen molar-refractivity contribution in [1.29, 1.82) is 0 Å². The number of rotatable bonds is 4. The van der Waals surface area contributed by atoms with Crippen molar-refractivity contribution in [2.75, 3.05) is 31.2 Å². The molecule has 9 nitrogen and oxygen atoms in total. The zero-order chi connectivity index (χ0) is 20.6. The van der Waals surface area contributed by atoms with E-state index in [4.69, 9.17) is 24.2 Å². The van der Waals surface area contributed by atoms with Gasteiger partial charge in [0, 0.05) is 43.3 Å². The molecule has 0 bridgehead atoms. The first kappa shape index (κ1) is 17.8. The van der Waals surface area contributed by atoms with Crippen molar-refractivity contribution < 1.29 is 9.15 Å². The third-order valence-electron chi connectivity index (χ3n) is 5.25. The van der Waals surface area contributed by atoms with Gasteiger partial charge in [0.2, 0.25) is 0 Å². The van der Waals surface area contributed by atoms with Crippen molar-refractivity contribution in [2.45, 2.75) is 0 Å². The zero-order valence-corrected chi connectivity index (χ0v) is 16.6. The van der Waals surface area contributed by atoms with Gasteiger partial charge in [0.05, 0.1) is 18.9 Å². The number of ether oxygens (including phenoxy) is 1. The van der Waals surface area contributed by atoms with Crippen LogP contribution in [0.2, 0.25) is 0 Å². The van der Waals surface area contributed by atoms with Crippen LogP contribution in [0.5, 0.6) is 0 Å². The Balaban J connectivity index is 1.48. The fraction of sp³-hybridized carbons (Fsp3) is 0.182. The molecule has 1 fully saturated rings. The van der Waals surface area contributed by atoms with Gasteiger partial charge in [-0.1, -0.05) is 30.3 Å². The summed E-state index contributed by atoms with van der Waals surface area (Å²) < 4.78 is 13.3. The molecule has 1 aliphatic heterocycles. The molecule has 4 aromatic heterocycles. The topological polar surface area (TPSA) is 97.9 Å². The molecule has 9 heteroatoms. The first-order valence-corrected chi connectivity index (χ1v) is 10.1. The largest absolute Gasteiger partial charge is 0.447 e. The van der Waals surface area contributed by atoms with Crippen molar-refractivity contribution in [3.05, 3.63) is 61.1 Å². The summed E-state index contributed by atoms with van der Waals surface area (Å²) in [4.78, 5) is 19.1. The highest BCUT2D eigenvalue weighted by atomic mass is 16.5. The number of imidazole rings is 1. The predicted molar refractivity (Wildman–Crippen MR) is 115 cm³/mol. The van der Waals surface area contributed by atoms with Gasteiger partial charge < -0.3 is 19.0 Å². The van der Waals surface area contributed by atoms with E-state index in [0.29, 0.717) is 41.8 Å². The van der Waals surface area contributed by atoms with E-state index in [1.807, 2.05) is 48.7 Å². The lowest BCUT2D eigenvalue weighted by atomic mass is 10.2. The average molecular weight is 413 g/mol. The maximum Gasteiger partial charge on any atom is 0.253 e. The molecule has 154 valence electrons. The first-order chi connectivity index (χ1) is 15.3. The number of morpholine rings is 1. The predicted octanol–water partition coefficient (Wildman–Crippen LogP) is 3.30. The lowest BCUT2D eigenvalue weighted by Gasteiger charge is -2.27. The molecule has 1 aliphatic rings. The van der Waals surface area contributed by atoms with Crippen LogP contribution >= 0.6 is 0 Å². The summed E-state index contributed by atoms with van der Waals surface area (Å²) in [5, 5.41) is 4.70. The Labute approximate surface area is 177 Å². The highest BCUT2D eigenvalue weighted by Crippen LogP contribution is 2.32. The molecule has 0 amide bonds. The number of nitrogens with zero attached hydrogens (tertiary/aromatic N) is 6. The fourth-order valence-corrected chi connectivity index (χ4v) is 3.71. The Morgan fingerprint density at radius 1 is 1.00 bits per heavy atom. The van der Waals surface area contributed by atoms with Gasteiger partial charge in [0.1, 0.15) is 5.52 Å². The number of H-pyrrole nitrogens is 1. The standard InChI is InChI=1S/C22H19N7O2/c1-2-4-15(5-3-1)16-6-9-29(27-16)22-25-17-14-18(20-23-7-8-24-20)31-19(17)21(26-22)28-10-12-30-13-11-28/h1-9,14H,10-13H2,(H,23,24). The molecule has 0 spiro atoms. The molecule has 5 aromatic rings. The van der Waals surface area contributed by atoms with Crippen LogP contribution in [0.1, 0.15) is 0 Å². The summed E-state index contributed by atoms with van der Waals surface area (Å²) in [5.74, 6) is 2.49. The molecule has 0 unspecified atom stereocenters. The second-order valence-corrected chi connectivity index (χ2v) is 7.22. The number of fused-ring (bicyclic) bond motifs is 1. The number of hydrogen-bond acceptors (Lipinski definition) is 7. The molecule has 0 atom stereocenters. The SMILES string of the molecule is c1ccc(-c2ccn(-c3nc(N4CCOCC4)c4oc(-c5ncc[nH]5)cc4n3)n2)cc1. The van der Waals surface area contributed by atoms with Gasteiger partial charge >= 0.3 is 0 Å². The van der Waals surface area contributed by atoms with Crippen LogP contribution in [-0.2, 0) is 4.74 Å². The molecule has 0 saturated carbocycles. The number of aromatic amines is 1. The van der Waals surface area contributed by atoms with E-state index in [1.165, 1.54) is 0 Å². The summed E-state index contributed by atoms with van der Waals surface area (Å²) in [6.45, 7) is 2.76. The van der Waals surface area contributed by atoms with Crippen LogP contribution in [0.15, 0.2) is 65.5 Å². The van der Waals surface area contributed by atoms with Crippen molar-refractivity contribution >= 4 is 16.9 Å². The zero-order valence-electron chi connectivity index (χ0n) is 16.6. The Kier molecular flexibility index (Phi) is 4.24. The average Bonchev–Trinajstić information content (AvgIpc) is 3.60. The maximum atomic E-state index is 6.13. The second kappa shape index (κ2) is 7.37. The molecule has 1 aromatic carbocycles. The van der Waals surface area contributed by atoms with Crippen molar-refractivity contribution in [3.8, 4) is 28.8 Å². The minimum absolute atomic E-state index is 0.489. The Bertz CT molecular complexity index is 1320. The highest BCUT2D eigenvalue weighted by molar-refractivity contribution is 5.88. The Morgan fingerprint density at radius 2 is 1.87 bits per heavy atom. The summed E-state index contributed by atoms with van der Waals surface area (Å²) in [6.07, 6.45) is 5.33. The number of anilines is 1. The minimum atomic E-state index is 0.489. The van der Waals surface area contributed by atoms with Crippen LogP contribution in [0.25, 0.3) is 39.9 Å². The molecule has 6 rings (SSSR count). The molecule has 0 aliphatic carbocycles. The quantitative estimate of drug-likeness (QED) is 0.483. The normalized spacial score (nSPS) is 14.4. The van der Waals surface area contributed by atoms with E-state index < -0.39 is 0 Å². The summed E-state index contributed by atoms with van der Waals surface area (Å²) >= 11 is 0. The lowest BCUT2D eigenvalue weighted by molar-refractivity contribution is 0.122. The van der Waals surface area contributed by atoms with Crippen LogP contribution < -0.4 is 4.90 Å². The second-order valence-electron chi connectivity index (χ2n) is 7.22. The third kappa shape index (κ3) is 3.24. The Hall–Kier alpha value is -3.98. The number of nitrogens with one attached hydrogen (secondary N) is 1. The van der Waals surface area contributed by atoms with E-state index in [9.17, 15) is 0 Å². The molecule has 0 radical (unpaired) electrons. The first-order valence-electron chi connectivity index (χ1n) is 10.1. The van der Waals surface area contributed by atoms with Gasteiger partial charge in [-0.25, -0.2) is 14.6 Å². The van der Waals surface area contributed by atoms with Gasteiger partial charge in [-0.3, -0.25) is 0 Å². The molecule has 31 heavy (non-hydrogen) atoms. The van der Waals surface area contributed by atoms with E-state index in [2.05, 4.69) is 14.9 Å². The van der Waals surface area contributed by atoms with Crippen molar-refractivity contribution in [3.63, 3.8) is 0 Å². The van der Waals surface area contributed by atoms with Crippen molar-refractivity contribution in [2.24, 2.45) is 0 Å². The maximum absolute atomic E-state index is 6.13. The highest BCUT2D eigenvalue weighted by Gasteiger charge is 2.22. The van der Waals surface area contributed by atoms with Gasteiger partial charge in [0.25, 0.3) is 5.95 Å². The third-order valence-corrected chi connectivity index (χ3v) is 5.25. The van der Waals surface area contributed by atoms with Crippen molar-refractivity contribution in [1.82, 2.24) is 29.7 Å². The minimum Gasteiger partial charge on any atom is -0.447 e. The van der Waals surface area contributed by atoms with Gasteiger partial charge in [0.15, 0.2) is 23.0 Å². The van der Waals surface area contributed by atoms with Gasteiger partial charge in [-0.2, -0.15) is 10.1 Å². The molecular formula is C22H19N7O2. The van der Waals surface area contributed by atoms with Crippen LogP contribution in [0.3, 0.4) is 0 Å². The monoisotopic (exact) mass is 413 g/mol. The molecule has 1 saturated heterocycles. The summed E-state index contributed by atoms with van der Waals surface area (Å²) in [7, 11) is 0. The Morgan fingerprint density at radius 3 is 2.68 bits per heavy atom. The number of aromatic nitrogens is 6. The molecular weight excluding hydrogens is 394 g/mol. The van der Waals surface area contributed by atoms with E-state index in [-0.39, 0.29) is 0 Å². The summed E-state index contributed by atoms with van der Waals surface area (Å²) in [6, 6.07) is 13.9. The van der Waals surface area contributed by atoms with Crippen LogP contribution in [-0.4, -0.2) is 56.0 Å². The molecule has 5 heterocycles. The number of furan rings is 1. The fourth-order valence-electron chi connectivity index (χ4n) is 3.71. The number of hydrogen-bond donors (Lipinski definition) is 1. The van der Waals surface area contributed by atoms with Crippen LogP contribution in [0, 0.1) is 0 Å². The smallest absolute Gasteiger partial charge is 0.253 e. The van der Waals surface area contributed by atoms with E-state index in [0.717, 1.165) is 30.2 Å². The van der Waals surface area contributed by atoms with E-state index >= 15 is 0 Å². The van der Waals surface area contributed by atoms with Gasteiger partial charge in [-0.15, -0.1) is 0 Å². The van der Waals surface area contributed by atoms with Gasteiger partial charge in [-0.05, 0) is 6.07 Å². The lowest BCUT2D eigenvalue weighted by Crippen LogP contribution is -2.37. The number of benzene rings is 1. The molecule has 1 N–H and O–H groups in total.